The van der Waals surface area contributed by atoms with Gasteiger partial charge in [-0.15, -0.1) is 0 Å². The first-order valence-corrected chi connectivity index (χ1v) is 6.35. The summed E-state index contributed by atoms with van der Waals surface area (Å²) in [6.45, 7) is 1.53. The molecule has 0 aliphatic carbocycles. The Morgan fingerprint density at radius 1 is 1.33 bits per heavy atom. The molecular formula is C12H19NOS. The standard InChI is InChI=1S/C12H19NOS/c1-14-7-8-15-10-12(9-13)11-5-3-2-4-6-11/h2-6,12H,7-10,13H2,1H3. The van der Waals surface area contributed by atoms with Crippen LogP contribution < -0.4 is 5.73 Å². The molecule has 2 nitrogen and oxygen atoms in total. The fraction of sp³-hybridized carbons (Fsp3) is 0.500. The van der Waals surface area contributed by atoms with E-state index in [0.717, 1.165) is 18.1 Å². The number of ether oxygens (including phenoxy) is 1. The van der Waals surface area contributed by atoms with E-state index in [1.807, 2.05) is 17.8 Å². The summed E-state index contributed by atoms with van der Waals surface area (Å²) in [6, 6.07) is 10.5. The van der Waals surface area contributed by atoms with Crippen LogP contribution in [0.1, 0.15) is 11.5 Å². The van der Waals surface area contributed by atoms with Crippen LogP contribution in [0.25, 0.3) is 0 Å². The van der Waals surface area contributed by atoms with Crippen LogP contribution in [-0.4, -0.2) is 31.8 Å². The number of rotatable bonds is 7. The molecule has 0 fully saturated rings. The molecule has 1 atom stereocenters. The number of hydrogen-bond donors (Lipinski definition) is 1. The van der Waals surface area contributed by atoms with Crippen LogP contribution in [0.3, 0.4) is 0 Å². The molecule has 1 rings (SSSR count). The van der Waals surface area contributed by atoms with Crippen molar-refractivity contribution in [2.24, 2.45) is 5.73 Å². The normalized spacial score (nSPS) is 12.7. The Bertz CT molecular complexity index is 253. The number of hydrogen-bond acceptors (Lipinski definition) is 3. The first-order chi connectivity index (χ1) is 7.38. The number of benzene rings is 1. The third-order valence-electron chi connectivity index (χ3n) is 2.31. The van der Waals surface area contributed by atoms with Crippen molar-refractivity contribution in [3.63, 3.8) is 0 Å². The molecule has 0 radical (unpaired) electrons. The summed E-state index contributed by atoms with van der Waals surface area (Å²) in [5, 5.41) is 0. The van der Waals surface area contributed by atoms with E-state index in [1.54, 1.807) is 7.11 Å². The smallest absolute Gasteiger partial charge is 0.0552 e. The summed E-state index contributed by atoms with van der Waals surface area (Å²) in [5.74, 6) is 2.58. The fourth-order valence-corrected chi connectivity index (χ4v) is 2.46. The molecule has 84 valence electrons. The summed E-state index contributed by atoms with van der Waals surface area (Å²) in [7, 11) is 1.73. The molecule has 0 aromatic heterocycles. The Labute approximate surface area is 96.2 Å². The van der Waals surface area contributed by atoms with Gasteiger partial charge in [-0.25, -0.2) is 0 Å². The van der Waals surface area contributed by atoms with Crippen molar-refractivity contribution in [2.75, 3.05) is 31.8 Å². The van der Waals surface area contributed by atoms with Crippen molar-refractivity contribution in [1.82, 2.24) is 0 Å². The van der Waals surface area contributed by atoms with E-state index in [2.05, 4.69) is 24.3 Å². The average Bonchev–Trinajstić information content (AvgIpc) is 2.30. The van der Waals surface area contributed by atoms with Crippen LogP contribution in [0.4, 0.5) is 0 Å². The van der Waals surface area contributed by atoms with Crippen LogP contribution in [0.2, 0.25) is 0 Å². The maximum absolute atomic E-state index is 5.77. The minimum Gasteiger partial charge on any atom is -0.384 e. The quantitative estimate of drug-likeness (QED) is 0.722. The van der Waals surface area contributed by atoms with Gasteiger partial charge in [-0.2, -0.15) is 11.8 Å². The zero-order valence-electron chi connectivity index (χ0n) is 9.19. The van der Waals surface area contributed by atoms with Gasteiger partial charge in [0.1, 0.15) is 0 Å². The molecule has 0 spiro atoms. The SMILES string of the molecule is COCCSCC(CN)c1ccccc1. The number of methoxy groups -OCH3 is 1. The summed E-state index contributed by atoms with van der Waals surface area (Å²) in [4.78, 5) is 0. The van der Waals surface area contributed by atoms with E-state index < -0.39 is 0 Å². The predicted molar refractivity (Wildman–Crippen MR) is 67.4 cm³/mol. The van der Waals surface area contributed by atoms with Crippen molar-refractivity contribution in [1.29, 1.82) is 0 Å². The van der Waals surface area contributed by atoms with Crippen molar-refractivity contribution < 1.29 is 4.74 Å². The lowest BCUT2D eigenvalue weighted by Gasteiger charge is -2.14. The van der Waals surface area contributed by atoms with Gasteiger partial charge in [0.2, 0.25) is 0 Å². The Hall–Kier alpha value is -0.510. The van der Waals surface area contributed by atoms with Crippen LogP contribution in [0, 0.1) is 0 Å². The number of thioether (sulfide) groups is 1. The molecular weight excluding hydrogens is 206 g/mol. The van der Waals surface area contributed by atoms with E-state index in [-0.39, 0.29) is 0 Å². The third kappa shape index (κ3) is 4.69. The lowest BCUT2D eigenvalue weighted by molar-refractivity contribution is 0.218. The minimum atomic E-state index is 0.466. The van der Waals surface area contributed by atoms with Crippen molar-refractivity contribution in [3.05, 3.63) is 35.9 Å². The molecule has 0 bridgehead atoms. The Balaban J connectivity index is 2.36. The fourth-order valence-electron chi connectivity index (χ4n) is 1.39. The highest BCUT2D eigenvalue weighted by atomic mass is 32.2. The molecule has 15 heavy (non-hydrogen) atoms. The molecule has 0 saturated heterocycles. The average molecular weight is 225 g/mol. The highest BCUT2D eigenvalue weighted by Gasteiger charge is 2.08. The summed E-state index contributed by atoms with van der Waals surface area (Å²) >= 11 is 1.90. The molecule has 1 aromatic carbocycles. The van der Waals surface area contributed by atoms with Gasteiger partial charge in [0.15, 0.2) is 0 Å². The van der Waals surface area contributed by atoms with Crippen molar-refractivity contribution in [2.45, 2.75) is 5.92 Å². The second-order valence-electron chi connectivity index (χ2n) is 3.41. The van der Waals surface area contributed by atoms with Crippen LogP contribution in [-0.2, 0) is 4.74 Å². The van der Waals surface area contributed by atoms with E-state index in [4.69, 9.17) is 10.5 Å². The van der Waals surface area contributed by atoms with Crippen LogP contribution >= 0.6 is 11.8 Å². The van der Waals surface area contributed by atoms with E-state index in [0.29, 0.717) is 12.5 Å². The van der Waals surface area contributed by atoms with Gasteiger partial charge in [0, 0.05) is 24.5 Å². The lowest BCUT2D eigenvalue weighted by atomic mass is 10.0. The maximum Gasteiger partial charge on any atom is 0.0552 e. The first-order valence-electron chi connectivity index (χ1n) is 5.20. The van der Waals surface area contributed by atoms with Gasteiger partial charge in [-0.05, 0) is 12.1 Å². The zero-order valence-corrected chi connectivity index (χ0v) is 10.0. The molecule has 0 aliphatic rings. The predicted octanol–water partition coefficient (Wildman–Crippen LogP) is 2.11. The monoisotopic (exact) mass is 225 g/mol. The van der Waals surface area contributed by atoms with Crippen molar-refractivity contribution in [3.8, 4) is 0 Å². The lowest BCUT2D eigenvalue weighted by Crippen LogP contribution is -2.15. The molecule has 0 saturated carbocycles. The third-order valence-corrected chi connectivity index (χ3v) is 3.40. The van der Waals surface area contributed by atoms with Gasteiger partial charge >= 0.3 is 0 Å². The zero-order chi connectivity index (χ0) is 10.9. The highest BCUT2D eigenvalue weighted by molar-refractivity contribution is 7.99. The molecule has 1 unspecified atom stereocenters. The second-order valence-corrected chi connectivity index (χ2v) is 4.56. The van der Waals surface area contributed by atoms with E-state index in [9.17, 15) is 0 Å². The summed E-state index contributed by atoms with van der Waals surface area (Å²) in [6.07, 6.45) is 0. The van der Waals surface area contributed by atoms with E-state index in [1.165, 1.54) is 5.56 Å². The second kappa shape index (κ2) is 7.74. The summed E-state index contributed by atoms with van der Waals surface area (Å²) in [5.41, 5.74) is 7.11. The molecule has 0 aliphatic heterocycles. The largest absolute Gasteiger partial charge is 0.384 e. The van der Waals surface area contributed by atoms with Crippen LogP contribution in [0.15, 0.2) is 30.3 Å². The van der Waals surface area contributed by atoms with E-state index >= 15 is 0 Å². The molecule has 2 N–H and O–H groups in total. The first kappa shape index (κ1) is 12.6. The topological polar surface area (TPSA) is 35.2 Å². The maximum atomic E-state index is 5.77. The highest BCUT2D eigenvalue weighted by Crippen LogP contribution is 2.19. The molecule has 3 heteroatoms. The molecule has 0 heterocycles. The Kier molecular flexibility index (Phi) is 6.48. The van der Waals surface area contributed by atoms with Crippen molar-refractivity contribution >= 4 is 11.8 Å². The molecule has 1 aromatic rings. The Morgan fingerprint density at radius 2 is 2.07 bits per heavy atom. The van der Waals surface area contributed by atoms with Gasteiger partial charge in [-0.1, -0.05) is 30.3 Å². The van der Waals surface area contributed by atoms with Crippen LogP contribution in [0.5, 0.6) is 0 Å². The molecule has 0 amide bonds. The van der Waals surface area contributed by atoms with Gasteiger partial charge in [-0.3, -0.25) is 0 Å². The summed E-state index contributed by atoms with van der Waals surface area (Å²) < 4.78 is 5.01. The Morgan fingerprint density at radius 3 is 2.67 bits per heavy atom. The minimum absolute atomic E-state index is 0.466. The van der Waals surface area contributed by atoms with Gasteiger partial charge in [0.05, 0.1) is 6.61 Å². The number of nitrogens with two attached hydrogens (primary N) is 1. The van der Waals surface area contributed by atoms with Gasteiger partial charge in [0.25, 0.3) is 0 Å². The van der Waals surface area contributed by atoms with Gasteiger partial charge < -0.3 is 10.5 Å².